The quantitative estimate of drug-likeness (QED) is 0.243. The molecule has 2 aromatic carbocycles. The van der Waals surface area contributed by atoms with E-state index in [0.29, 0.717) is 12.1 Å². The molecule has 7 nitrogen and oxygen atoms in total. The van der Waals surface area contributed by atoms with Crippen LogP contribution in [-0.2, 0) is 16.4 Å². The van der Waals surface area contributed by atoms with E-state index in [2.05, 4.69) is 22.2 Å². The highest BCUT2D eigenvalue weighted by Gasteiger charge is 2.16. The fraction of sp³-hybridized carbons (Fsp3) is 0.455. The van der Waals surface area contributed by atoms with Crippen molar-refractivity contribution in [2.24, 2.45) is 0 Å². The largest absolute Gasteiger partial charge is 0.506 e. The Bertz CT molecular complexity index is 874. The van der Waals surface area contributed by atoms with Crippen molar-refractivity contribution in [3.63, 3.8) is 0 Å². The third-order valence-corrected chi connectivity index (χ3v) is 5.43. The summed E-state index contributed by atoms with van der Waals surface area (Å²) in [6, 6.07) is 14.7. The fourth-order valence-electron chi connectivity index (χ4n) is 3.29. The van der Waals surface area contributed by atoms with E-state index in [9.17, 15) is 18.6 Å². The third-order valence-electron chi connectivity index (χ3n) is 4.84. The number of benzene rings is 2. The number of sulfonamides is 1. The first-order valence-electron chi connectivity index (χ1n) is 10.2. The van der Waals surface area contributed by atoms with Crippen LogP contribution >= 0.6 is 0 Å². The van der Waals surface area contributed by atoms with Crippen LogP contribution < -0.4 is 10.0 Å². The normalized spacial score (nSPS) is 13.7. The maximum Gasteiger partial charge on any atom is 0.229 e. The van der Waals surface area contributed by atoms with E-state index < -0.39 is 16.1 Å². The molecule has 0 aromatic heterocycles. The zero-order chi connectivity index (χ0) is 22.0. The Kier molecular flexibility index (Phi) is 9.58. The predicted octanol–water partition coefficient (Wildman–Crippen LogP) is 2.55. The molecule has 2 rings (SSSR count). The number of aliphatic hydroxyl groups excluding tert-OH is 2. The van der Waals surface area contributed by atoms with Gasteiger partial charge in [-0.2, -0.15) is 0 Å². The van der Waals surface area contributed by atoms with Gasteiger partial charge in [-0.05, 0) is 42.5 Å². The lowest BCUT2D eigenvalue weighted by atomic mass is 9.99. The van der Waals surface area contributed by atoms with Gasteiger partial charge in [0, 0.05) is 19.2 Å². The van der Waals surface area contributed by atoms with E-state index in [0.717, 1.165) is 38.4 Å². The molecule has 30 heavy (non-hydrogen) atoms. The van der Waals surface area contributed by atoms with Crippen molar-refractivity contribution in [1.82, 2.24) is 5.32 Å². The summed E-state index contributed by atoms with van der Waals surface area (Å²) in [6.45, 7) is 0.487. The second-order valence-corrected chi connectivity index (χ2v) is 9.28. The number of aromatic hydroxyl groups is 1. The van der Waals surface area contributed by atoms with Gasteiger partial charge in [0.1, 0.15) is 5.75 Å². The van der Waals surface area contributed by atoms with Gasteiger partial charge in [-0.15, -0.1) is 0 Å². The first-order chi connectivity index (χ1) is 14.3. The molecule has 0 heterocycles. The SMILES string of the molecule is CS(=O)(=O)Nc1cc(C(O)CNC(CCCCCO)Cc2ccccc2)ccc1O. The molecule has 8 heteroatoms. The molecule has 0 fully saturated rings. The van der Waals surface area contributed by atoms with Crippen LogP contribution in [0.25, 0.3) is 0 Å². The summed E-state index contributed by atoms with van der Waals surface area (Å²) in [5.41, 5.74) is 1.75. The molecule has 0 aliphatic carbocycles. The van der Waals surface area contributed by atoms with Gasteiger partial charge in [-0.25, -0.2) is 8.42 Å². The average Bonchev–Trinajstić information content (AvgIpc) is 2.70. The first kappa shape index (κ1) is 24.1. The summed E-state index contributed by atoms with van der Waals surface area (Å²) in [5.74, 6) is -0.199. The topological polar surface area (TPSA) is 119 Å². The summed E-state index contributed by atoms with van der Waals surface area (Å²) < 4.78 is 25.2. The highest BCUT2D eigenvalue weighted by Crippen LogP contribution is 2.27. The van der Waals surface area contributed by atoms with Crippen LogP contribution in [0.3, 0.4) is 0 Å². The van der Waals surface area contributed by atoms with E-state index in [1.165, 1.54) is 17.7 Å². The van der Waals surface area contributed by atoms with Crippen molar-refractivity contribution < 1.29 is 23.7 Å². The van der Waals surface area contributed by atoms with E-state index in [4.69, 9.17) is 5.11 Å². The Morgan fingerprint density at radius 3 is 2.43 bits per heavy atom. The molecule has 0 bridgehead atoms. The minimum atomic E-state index is -3.54. The number of hydrogen-bond acceptors (Lipinski definition) is 6. The van der Waals surface area contributed by atoms with Crippen molar-refractivity contribution in [1.29, 1.82) is 0 Å². The molecule has 5 N–H and O–H groups in total. The Labute approximate surface area is 178 Å². The number of unbranched alkanes of at least 4 members (excludes halogenated alkanes) is 2. The van der Waals surface area contributed by atoms with E-state index in [1.807, 2.05) is 18.2 Å². The van der Waals surface area contributed by atoms with Crippen LogP contribution in [0.2, 0.25) is 0 Å². The molecule has 0 aliphatic heterocycles. The third kappa shape index (κ3) is 8.71. The maximum atomic E-state index is 11.5. The molecule has 2 aromatic rings. The molecule has 0 amide bonds. The highest BCUT2D eigenvalue weighted by atomic mass is 32.2. The molecule has 2 atom stereocenters. The molecule has 0 radical (unpaired) electrons. The van der Waals surface area contributed by atoms with Gasteiger partial charge in [0.25, 0.3) is 0 Å². The molecule has 2 unspecified atom stereocenters. The number of aliphatic hydroxyl groups is 2. The lowest BCUT2D eigenvalue weighted by molar-refractivity contribution is 0.168. The number of phenolic OH excluding ortho intramolecular Hbond substituents is 1. The molecular formula is C22H32N2O5S. The van der Waals surface area contributed by atoms with Crippen LogP contribution in [0.1, 0.15) is 42.9 Å². The van der Waals surface area contributed by atoms with E-state index >= 15 is 0 Å². The number of hydrogen-bond donors (Lipinski definition) is 5. The summed E-state index contributed by atoms with van der Waals surface area (Å²) in [7, 11) is -3.54. The minimum Gasteiger partial charge on any atom is -0.506 e. The van der Waals surface area contributed by atoms with Gasteiger partial charge in [-0.1, -0.05) is 49.2 Å². The fourth-order valence-corrected chi connectivity index (χ4v) is 3.86. The number of anilines is 1. The second kappa shape index (κ2) is 11.9. The predicted molar refractivity (Wildman–Crippen MR) is 119 cm³/mol. The molecule has 0 saturated carbocycles. The molecule has 0 saturated heterocycles. The first-order valence-corrected chi connectivity index (χ1v) is 12.0. The van der Waals surface area contributed by atoms with Crippen LogP contribution in [0, 0.1) is 0 Å². The van der Waals surface area contributed by atoms with E-state index in [-0.39, 0.29) is 24.1 Å². The molecule has 0 spiro atoms. The summed E-state index contributed by atoms with van der Waals surface area (Å²) in [5, 5.41) is 32.8. The number of nitrogens with one attached hydrogen (secondary N) is 2. The Balaban J connectivity index is 2.01. The van der Waals surface area contributed by atoms with Crippen LogP contribution in [0.5, 0.6) is 5.75 Å². The zero-order valence-electron chi connectivity index (χ0n) is 17.3. The lowest BCUT2D eigenvalue weighted by Crippen LogP contribution is -2.34. The van der Waals surface area contributed by atoms with Crippen LogP contribution in [0.15, 0.2) is 48.5 Å². The van der Waals surface area contributed by atoms with Crippen LogP contribution in [0.4, 0.5) is 5.69 Å². The minimum absolute atomic E-state index is 0.0406. The summed E-state index contributed by atoms with van der Waals surface area (Å²) >= 11 is 0. The van der Waals surface area contributed by atoms with Crippen LogP contribution in [-0.4, -0.2) is 49.2 Å². The van der Waals surface area contributed by atoms with Crippen molar-refractivity contribution >= 4 is 15.7 Å². The summed E-state index contributed by atoms with van der Waals surface area (Å²) in [4.78, 5) is 0. The molecule has 0 aliphatic rings. The van der Waals surface area contributed by atoms with Gasteiger partial charge in [-0.3, -0.25) is 4.72 Å². The molecule has 166 valence electrons. The standard InChI is InChI=1S/C22H32N2O5S/c1-30(28,29)24-20-15-18(11-12-21(20)26)22(27)16-23-19(10-6-3-7-13-25)14-17-8-4-2-5-9-17/h2,4-5,8-9,11-12,15,19,22-27H,3,6-7,10,13-14,16H2,1H3. The Morgan fingerprint density at radius 1 is 1.03 bits per heavy atom. The average molecular weight is 437 g/mol. The van der Waals surface area contributed by atoms with Crippen molar-refractivity contribution in [3.05, 3.63) is 59.7 Å². The van der Waals surface area contributed by atoms with Gasteiger partial charge in [0.05, 0.1) is 18.0 Å². The lowest BCUT2D eigenvalue weighted by Gasteiger charge is -2.22. The van der Waals surface area contributed by atoms with Gasteiger partial charge < -0.3 is 20.6 Å². The highest BCUT2D eigenvalue weighted by molar-refractivity contribution is 7.92. The zero-order valence-corrected chi connectivity index (χ0v) is 18.1. The maximum absolute atomic E-state index is 11.5. The second-order valence-electron chi connectivity index (χ2n) is 7.53. The van der Waals surface area contributed by atoms with Gasteiger partial charge in [0.15, 0.2) is 0 Å². The molecular weight excluding hydrogens is 404 g/mol. The van der Waals surface area contributed by atoms with Crippen molar-refractivity contribution in [2.45, 2.75) is 44.2 Å². The Hall–Kier alpha value is -2.13. The van der Waals surface area contributed by atoms with Crippen molar-refractivity contribution in [2.75, 3.05) is 24.1 Å². The van der Waals surface area contributed by atoms with E-state index in [1.54, 1.807) is 6.07 Å². The van der Waals surface area contributed by atoms with Gasteiger partial charge >= 0.3 is 0 Å². The number of phenols is 1. The smallest absolute Gasteiger partial charge is 0.229 e. The monoisotopic (exact) mass is 436 g/mol. The Morgan fingerprint density at radius 2 is 1.77 bits per heavy atom. The summed E-state index contributed by atoms with van der Waals surface area (Å²) in [6.07, 6.45) is 4.59. The van der Waals surface area contributed by atoms with Crippen molar-refractivity contribution in [3.8, 4) is 5.75 Å². The van der Waals surface area contributed by atoms with Gasteiger partial charge in [0.2, 0.25) is 10.0 Å². The number of rotatable bonds is 13.